The van der Waals surface area contributed by atoms with E-state index in [0.29, 0.717) is 6.04 Å². The molecule has 0 aliphatic heterocycles. The molecule has 0 spiro atoms. The fraction of sp³-hybridized carbons (Fsp3) is 0.231. The average Bonchev–Trinajstić information content (AvgIpc) is 3.03. The highest BCUT2D eigenvalue weighted by atomic mass is 32.1. The van der Waals surface area contributed by atoms with Crippen molar-refractivity contribution in [2.24, 2.45) is 0 Å². The van der Waals surface area contributed by atoms with Crippen molar-refractivity contribution in [1.29, 1.82) is 0 Å². The molecular formula is C13H14N4S. The number of imidazole rings is 1. The number of pyridine rings is 1. The van der Waals surface area contributed by atoms with E-state index in [9.17, 15) is 0 Å². The van der Waals surface area contributed by atoms with Crippen molar-refractivity contribution in [1.82, 2.24) is 19.7 Å². The second-order valence-electron chi connectivity index (χ2n) is 4.17. The molecule has 0 aromatic carbocycles. The van der Waals surface area contributed by atoms with Crippen LogP contribution in [0.1, 0.15) is 17.8 Å². The van der Waals surface area contributed by atoms with Gasteiger partial charge in [-0.3, -0.25) is 0 Å². The number of rotatable bonds is 3. The molecular weight excluding hydrogens is 244 g/mol. The molecule has 1 atom stereocenters. The zero-order valence-electron chi connectivity index (χ0n) is 10.3. The molecule has 18 heavy (non-hydrogen) atoms. The summed E-state index contributed by atoms with van der Waals surface area (Å²) in [5.41, 5.74) is 1.88. The van der Waals surface area contributed by atoms with Crippen molar-refractivity contribution >= 4 is 17.0 Å². The van der Waals surface area contributed by atoms with Gasteiger partial charge in [0.1, 0.15) is 16.3 Å². The monoisotopic (exact) mass is 258 g/mol. The Morgan fingerprint density at radius 1 is 1.39 bits per heavy atom. The second kappa shape index (κ2) is 4.51. The minimum Gasteiger partial charge on any atom is -0.312 e. The second-order valence-corrected chi connectivity index (χ2v) is 5.23. The first-order chi connectivity index (χ1) is 8.78. The Hall–Kier alpha value is -1.72. The topological polar surface area (TPSA) is 42.2 Å². The number of hydrogen-bond acceptors (Lipinski definition) is 4. The molecule has 3 aromatic heterocycles. The fourth-order valence-corrected chi connectivity index (χ4v) is 2.72. The number of hydrogen-bond donors (Lipinski definition) is 1. The zero-order valence-corrected chi connectivity index (χ0v) is 11.1. The van der Waals surface area contributed by atoms with Gasteiger partial charge in [-0.05, 0) is 26.1 Å². The largest absolute Gasteiger partial charge is 0.312 e. The summed E-state index contributed by atoms with van der Waals surface area (Å²) in [4.78, 5) is 10.3. The lowest BCUT2D eigenvalue weighted by molar-refractivity contribution is 0.662. The van der Waals surface area contributed by atoms with Crippen LogP contribution < -0.4 is 5.32 Å². The maximum absolute atomic E-state index is 4.57. The molecule has 3 rings (SSSR count). The predicted molar refractivity (Wildman–Crippen MR) is 73.8 cm³/mol. The van der Waals surface area contributed by atoms with Gasteiger partial charge in [0.05, 0.1) is 0 Å². The summed E-state index contributed by atoms with van der Waals surface area (Å²) in [6.07, 6.45) is 5.93. The first-order valence-corrected chi connectivity index (χ1v) is 6.66. The van der Waals surface area contributed by atoms with E-state index >= 15 is 0 Å². The Labute approximate surface area is 109 Å². The van der Waals surface area contributed by atoms with Crippen LogP contribution in [0.5, 0.6) is 0 Å². The molecule has 3 aromatic rings. The van der Waals surface area contributed by atoms with Crippen LogP contribution in [0, 0.1) is 0 Å². The molecule has 92 valence electrons. The summed E-state index contributed by atoms with van der Waals surface area (Å²) in [5.74, 6) is 0. The Kier molecular flexibility index (Phi) is 2.85. The summed E-state index contributed by atoms with van der Waals surface area (Å²) in [7, 11) is 1.95. The summed E-state index contributed by atoms with van der Waals surface area (Å²) in [6.45, 7) is 2.13. The van der Waals surface area contributed by atoms with Gasteiger partial charge >= 0.3 is 0 Å². The molecule has 5 heteroatoms. The van der Waals surface area contributed by atoms with Crippen LogP contribution in [0.4, 0.5) is 0 Å². The van der Waals surface area contributed by atoms with E-state index in [1.54, 1.807) is 11.3 Å². The van der Waals surface area contributed by atoms with Crippen molar-refractivity contribution in [3.05, 3.63) is 41.7 Å². The first-order valence-electron chi connectivity index (χ1n) is 5.85. The van der Waals surface area contributed by atoms with E-state index in [1.807, 2.05) is 48.2 Å². The quantitative estimate of drug-likeness (QED) is 0.785. The summed E-state index contributed by atoms with van der Waals surface area (Å²) in [5, 5.41) is 4.19. The van der Waals surface area contributed by atoms with E-state index in [0.717, 1.165) is 16.3 Å². The maximum atomic E-state index is 4.57. The molecule has 0 fully saturated rings. The molecule has 0 saturated heterocycles. The van der Waals surface area contributed by atoms with Crippen LogP contribution in [-0.4, -0.2) is 21.4 Å². The molecule has 0 aliphatic carbocycles. The van der Waals surface area contributed by atoms with Crippen LogP contribution in [0.3, 0.4) is 0 Å². The van der Waals surface area contributed by atoms with Crippen molar-refractivity contribution < 1.29 is 0 Å². The van der Waals surface area contributed by atoms with Crippen LogP contribution in [0.2, 0.25) is 0 Å². The molecule has 0 amide bonds. The third-order valence-corrected chi connectivity index (χ3v) is 4.17. The van der Waals surface area contributed by atoms with Gasteiger partial charge in [0, 0.05) is 29.5 Å². The Balaban J connectivity index is 2.01. The van der Waals surface area contributed by atoms with Crippen molar-refractivity contribution in [2.45, 2.75) is 13.0 Å². The number of aromatic nitrogens is 3. The van der Waals surface area contributed by atoms with Gasteiger partial charge in [-0.25, -0.2) is 9.97 Å². The smallest absolute Gasteiger partial charge is 0.143 e. The third-order valence-electron chi connectivity index (χ3n) is 2.97. The number of fused-ring (bicyclic) bond motifs is 1. The SMILES string of the molecule is CNC(C)c1cnc(-c2cn3ccccc3n2)s1. The highest BCUT2D eigenvalue weighted by Gasteiger charge is 2.11. The van der Waals surface area contributed by atoms with E-state index in [4.69, 9.17) is 0 Å². The van der Waals surface area contributed by atoms with Gasteiger partial charge in [-0.2, -0.15) is 0 Å². The van der Waals surface area contributed by atoms with Gasteiger partial charge in [0.2, 0.25) is 0 Å². The third kappa shape index (κ3) is 1.91. The van der Waals surface area contributed by atoms with E-state index in [-0.39, 0.29) is 0 Å². The Bertz CT molecular complexity index is 637. The maximum Gasteiger partial charge on any atom is 0.143 e. The van der Waals surface area contributed by atoms with Crippen LogP contribution in [0.15, 0.2) is 36.8 Å². The highest BCUT2D eigenvalue weighted by Crippen LogP contribution is 2.28. The normalized spacial score (nSPS) is 13.0. The number of thiazole rings is 1. The van der Waals surface area contributed by atoms with Gasteiger partial charge in [-0.15, -0.1) is 11.3 Å². The van der Waals surface area contributed by atoms with Crippen molar-refractivity contribution in [3.63, 3.8) is 0 Å². The van der Waals surface area contributed by atoms with E-state index in [1.165, 1.54) is 4.88 Å². The van der Waals surface area contributed by atoms with E-state index in [2.05, 4.69) is 22.2 Å². The molecule has 0 radical (unpaired) electrons. The zero-order chi connectivity index (χ0) is 12.5. The van der Waals surface area contributed by atoms with Gasteiger partial charge in [-0.1, -0.05) is 6.07 Å². The van der Waals surface area contributed by atoms with Crippen LogP contribution in [-0.2, 0) is 0 Å². The predicted octanol–water partition coefficient (Wildman–Crippen LogP) is 2.74. The summed E-state index contributed by atoms with van der Waals surface area (Å²) >= 11 is 1.68. The molecule has 0 saturated carbocycles. The van der Waals surface area contributed by atoms with Crippen LogP contribution >= 0.6 is 11.3 Å². The highest BCUT2D eigenvalue weighted by molar-refractivity contribution is 7.15. The minimum atomic E-state index is 0.327. The summed E-state index contributed by atoms with van der Waals surface area (Å²) < 4.78 is 2.01. The standard InChI is InChI=1S/C13H14N4S/c1-9(14-2)11-7-15-13(18-11)10-8-17-6-4-3-5-12(17)16-10/h3-9,14H,1-2H3. The Morgan fingerprint density at radius 2 is 2.28 bits per heavy atom. The molecule has 3 heterocycles. The number of nitrogens with zero attached hydrogens (tertiary/aromatic N) is 3. The molecule has 0 aliphatic rings. The summed E-state index contributed by atoms with van der Waals surface area (Å²) in [6, 6.07) is 6.30. The van der Waals surface area contributed by atoms with Crippen LogP contribution in [0.25, 0.3) is 16.3 Å². The minimum absolute atomic E-state index is 0.327. The molecule has 0 bridgehead atoms. The van der Waals surface area contributed by atoms with Gasteiger partial charge < -0.3 is 9.72 Å². The fourth-order valence-electron chi connectivity index (χ4n) is 1.79. The average molecular weight is 258 g/mol. The van der Waals surface area contributed by atoms with Crippen molar-refractivity contribution in [2.75, 3.05) is 7.05 Å². The van der Waals surface area contributed by atoms with Gasteiger partial charge in [0.25, 0.3) is 0 Å². The lowest BCUT2D eigenvalue weighted by Crippen LogP contribution is -2.10. The lowest BCUT2D eigenvalue weighted by Gasteiger charge is -2.04. The first kappa shape index (κ1) is 11.4. The van der Waals surface area contributed by atoms with Crippen molar-refractivity contribution in [3.8, 4) is 10.7 Å². The molecule has 4 nitrogen and oxygen atoms in total. The molecule has 1 N–H and O–H groups in total. The lowest BCUT2D eigenvalue weighted by atomic mass is 10.3. The number of nitrogens with one attached hydrogen (secondary N) is 1. The Morgan fingerprint density at radius 3 is 3.06 bits per heavy atom. The van der Waals surface area contributed by atoms with E-state index < -0.39 is 0 Å². The molecule has 1 unspecified atom stereocenters. The van der Waals surface area contributed by atoms with Gasteiger partial charge in [0.15, 0.2) is 0 Å².